The van der Waals surface area contributed by atoms with E-state index in [1.54, 1.807) is 24.3 Å². The molecule has 0 saturated heterocycles. The quantitative estimate of drug-likeness (QED) is 0.794. The molecule has 1 aromatic carbocycles. The van der Waals surface area contributed by atoms with Crippen molar-refractivity contribution in [3.05, 3.63) is 46.7 Å². The van der Waals surface area contributed by atoms with E-state index in [0.29, 0.717) is 34.3 Å². The molecular weight excluding hydrogens is 280 g/mol. The number of aliphatic hydroxyl groups excluding tert-OH is 1. The number of halogens is 1. The number of aromatic amines is 1. The normalized spacial score (nSPS) is 10.3. The molecule has 2 rings (SSSR count). The lowest BCUT2D eigenvalue weighted by molar-refractivity contribution is 0.102. The first-order valence-electron chi connectivity index (χ1n) is 6.16. The number of ether oxygens (including phenoxy) is 1. The van der Waals surface area contributed by atoms with Gasteiger partial charge in [-0.05, 0) is 31.2 Å². The summed E-state index contributed by atoms with van der Waals surface area (Å²) >= 11 is 5.75. The maximum absolute atomic E-state index is 11.9. The van der Waals surface area contributed by atoms with Crippen molar-refractivity contribution < 1.29 is 14.6 Å². The number of benzene rings is 1. The van der Waals surface area contributed by atoms with Crippen molar-refractivity contribution >= 4 is 23.2 Å². The predicted molar refractivity (Wildman–Crippen MR) is 77.3 cm³/mol. The Labute approximate surface area is 121 Å². The maximum atomic E-state index is 11.9. The molecule has 1 heterocycles. The van der Waals surface area contributed by atoms with Crippen LogP contribution in [0.2, 0.25) is 5.02 Å². The number of amides is 1. The second-order valence-electron chi connectivity index (χ2n) is 4.10. The number of anilines is 1. The third-order valence-electron chi connectivity index (χ3n) is 2.68. The van der Waals surface area contributed by atoms with Gasteiger partial charge >= 0.3 is 0 Å². The highest BCUT2D eigenvalue weighted by molar-refractivity contribution is 6.31. The van der Waals surface area contributed by atoms with Crippen LogP contribution in [0.3, 0.4) is 0 Å². The molecule has 6 heteroatoms. The maximum Gasteiger partial charge on any atom is 0.272 e. The number of carbonyl (C=O) groups is 1. The fourth-order valence-corrected chi connectivity index (χ4v) is 1.94. The Morgan fingerprint density at radius 2 is 2.25 bits per heavy atom. The Kier molecular flexibility index (Phi) is 4.65. The van der Waals surface area contributed by atoms with Crippen molar-refractivity contribution in [3.8, 4) is 5.75 Å². The summed E-state index contributed by atoms with van der Waals surface area (Å²) in [5.41, 5.74) is 1.57. The summed E-state index contributed by atoms with van der Waals surface area (Å²) in [6.07, 6.45) is 1.54. The summed E-state index contributed by atoms with van der Waals surface area (Å²) in [5, 5.41) is 12.5. The van der Waals surface area contributed by atoms with Gasteiger partial charge in [0.1, 0.15) is 11.4 Å². The van der Waals surface area contributed by atoms with Crippen molar-refractivity contribution in [2.24, 2.45) is 0 Å². The standard InChI is InChI=1S/C14H15ClN2O3/c1-2-20-13-4-3-11(5-9(13)8-18)17-14(19)12-6-10(15)7-16-12/h3-7,16,18H,2,8H2,1H3,(H,17,19). The third kappa shape index (κ3) is 3.31. The lowest BCUT2D eigenvalue weighted by Crippen LogP contribution is -2.12. The van der Waals surface area contributed by atoms with Crippen molar-refractivity contribution in [3.63, 3.8) is 0 Å². The van der Waals surface area contributed by atoms with E-state index in [-0.39, 0.29) is 12.5 Å². The van der Waals surface area contributed by atoms with Gasteiger partial charge in [-0.1, -0.05) is 11.6 Å². The molecule has 0 saturated carbocycles. The van der Waals surface area contributed by atoms with Gasteiger partial charge in [-0.15, -0.1) is 0 Å². The van der Waals surface area contributed by atoms with Crippen LogP contribution in [-0.4, -0.2) is 22.6 Å². The fraction of sp³-hybridized carbons (Fsp3) is 0.214. The van der Waals surface area contributed by atoms with Crippen LogP contribution in [0.5, 0.6) is 5.75 Å². The largest absolute Gasteiger partial charge is 0.494 e. The highest BCUT2D eigenvalue weighted by Crippen LogP contribution is 2.23. The molecule has 0 aliphatic rings. The summed E-state index contributed by atoms with van der Waals surface area (Å²) in [6, 6.07) is 6.64. The summed E-state index contributed by atoms with van der Waals surface area (Å²) in [4.78, 5) is 14.7. The third-order valence-corrected chi connectivity index (χ3v) is 2.90. The molecule has 0 aliphatic heterocycles. The number of H-pyrrole nitrogens is 1. The fourth-order valence-electron chi connectivity index (χ4n) is 1.77. The highest BCUT2D eigenvalue weighted by atomic mass is 35.5. The van der Waals surface area contributed by atoms with E-state index in [9.17, 15) is 9.90 Å². The van der Waals surface area contributed by atoms with Gasteiger partial charge in [0, 0.05) is 17.4 Å². The number of carbonyl (C=O) groups excluding carboxylic acids is 1. The van der Waals surface area contributed by atoms with Gasteiger partial charge < -0.3 is 20.1 Å². The molecule has 0 fully saturated rings. The smallest absolute Gasteiger partial charge is 0.272 e. The number of hydrogen-bond acceptors (Lipinski definition) is 3. The monoisotopic (exact) mass is 294 g/mol. The van der Waals surface area contributed by atoms with E-state index in [1.165, 1.54) is 6.20 Å². The molecule has 0 spiro atoms. The topological polar surface area (TPSA) is 74.3 Å². The van der Waals surface area contributed by atoms with Crippen molar-refractivity contribution in [1.29, 1.82) is 0 Å². The lowest BCUT2D eigenvalue weighted by atomic mass is 10.2. The van der Waals surface area contributed by atoms with Crippen LogP contribution < -0.4 is 10.1 Å². The van der Waals surface area contributed by atoms with Crippen LogP contribution in [-0.2, 0) is 6.61 Å². The molecule has 106 valence electrons. The summed E-state index contributed by atoms with van der Waals surface area (Å²) in [6.45, 7) is 2.22. The van der Waals surface area contributed by atoms with Crippen molar-refractivity contribution in [2.45, 2.75) is 13.5 Å². The first kappa shape index (κ1) is 14.4. The Morgan fingerprint density at radius 3 is 2.85 bits per heavy atom. The molecule has 20 heavy (non-hydrogen) atoms. The molecule has 5 nitrogen and oxygen atoms in total. The van der Waals surface area contributed by atoms with Crippen LogP contribution in [0.1, 0.15) is 23.0 Å². The minimum atomic E-state index is -0.301. The number of rotatable bonds is 5. The Hall–Kier alpha value is -1.98. The van der Waals surface area contributed by atoms with E-state index in [4.69, 9.17) is 16.3 Å². The number of aliphatic hydroxyl groups is 1. The number of aromatic nitrogens is 1. The van der Waals surface area contributed by atoms with E-state index < -0.39 is 0 Å². The second kappa shape index (κ2) is 6.45. The van der Waals surface area contributed by atoms with Crippen molar-refractivity contribution in [2.75, 3.05) is 11.9 Å². The second-order valence-corrected chi connectivity index (χ2v) is 4.54. The molecule has 1 amide bonds. The van der Waals surface area contributed by atoms with Gasteiger partial charge in [0.05, 0.1) is 18.2 Å². The zero-order valence-electron chi connectivity index (χ0n) is 10.9. The Balaban J connectivity index is 2.15. The number of nitrogens with one attached hydrogen (secondary N) is 2. The Bertz CT molecular complexity index is 610. The van der Waals surface area contributed by atoms with Gasteiger partial charge in [-0.25, -0.2) is 0 Å². The van der Waals surface area contributed by atoms with Crippen LogP contribution in [0.15, 0.2) is 30.5 Å². The lowest BCUT2D eigenvalue weighted by Gasteiger charge is -2.11. The molecular formula is C14H15ClN2O3. The molecule has 0 atom stereocenters. The molecule has 0 unspecified atom stereocenters. The van der Waals surface area contributed by atoms with Crippen LogP contribution in [0.4, 0.5) is 5.69 Å². The average Bonchev–Trinajstić information content (AvgIpc) is 2.87. The summed E-state index contributed by atoms with van der Waals surface area (Å²) < 4.78 is 5.38. The van der Waals surface area contributed by atoms with Crippen LogP contribution >= 0.6 is 11.6 Å². The zero-order chi connectivity index (χ0) is 14.5. The molecule has 0 bridgehead atoms. The first-order chi connectivity index (χ1) is 9.63. The Morgan fingerprint density at radius 1 is 1.45 bits per heavy atom. The van der Waals surface area contributed by atoms with E-state index in [1.807, 2.05) is 6.92 Å². The minimum Gasteiger partial charge on any atom is -0.494 e. The van der Waals surface area contributed by atoms with E-state index in [0.717, 1.165) is 0 Å². The SMILES string of the molecule is CCOc1ccc(NC(=O)c2cc(Cl)c[nH]2)cc1CO. The summed E-state index contributed by atoms with van der Waals surface area (Å²) in [5.74, 6) is 0.306. The molecule has 0 radical (unpaired) electrons. The molecule has 1 aromatic heterocycles. The first-order valence-corrected chi connectivity index (χ1v) is 6.53. The highest BCUT2D eigenvalue weighted by Gasteiger charge is 2.10. The van der Waals surface area contributed by atoms with Crippen LogP contribution in [0, 0.1) is 0 Å². The predicted octanol–water partition coefficient (Wildman–Crippen LogP) is 2.81. The van der Waals surface area contributed by atoms with Crippen LogP contribution in [0.25, 0.3) is 0 Å². The van der Waals surface area contributed by atoms with Gasteiger partial charge in [0.2, 0.25) is 0 Å². The van der Waals surface area contributed by atoms with E-state index in [2.05, 4.69) is 10.3 Å². The van der Waals surface area contributed by atoms with Gasteiger partial charge in [-0.2, -0.15) is 0 Å². The average molecular weight is 295 g/mol. The summed E-state index contributed by atoms with van der Waals surface area (Å²) in [7, 11) is 0. The van der Waals surface area contributed by atoms with Crippen molar-refractivity contribution in [1.82, 2.24) is 4.98 Å². The zero-order valence-corrected chi connectivity index (χ0v) is 11.7. The van der Waals surface area contributed by atoms with Gasteiger partial charge in [0.15, 0.2) is 0 Å². The number of hydrogen-bond donors (Lipinski definition) is 3. The molecule has 2 aromatic rings. The van der Waals surface area contributed by atoms with Gasteiger partial charge in [0.25, 0.3) is 5.91 Å². The molecule has 0 aliphatic carbocycles. The van der Waals surface area contributed by atoms with Gasteiger partial charge in [-0.3, -0.25) is 4.79 Å². The minimum absolute atomic E-state index is 0.159. The molecule has 3 N–H and O–H groups in total. The van der Waals surface area contributed by atoms with E-state index >= 15 is 0 Å².